The Bertz CT molecular complexity index is 372. The van der Waals surface area contributed by atoms with Crippen LogP contribution in [0.1, 0.15) is 49.6 Å². The number of hydrogen-bond donors (Lipinski definition) is 1. The molecule has 2 nitrogen and oxygen atoms in total. The third-order valence-corrected chi connectivity index (χ3v) is 5.17. The van der Waals surface area contributed by atoms with Gasteiger partial charge in [-0.3, -0.25) is 4.90 Å². The molecule has 1 aromatic heterocycles. The van der Waals surface area contributed by atoms with Gasteiger partial charge in [-0.05, 0) is 56.2 Å². The summed E-state index contributed by atoms with van der Waals surface area (Å²) in [6.07, 6.45) is 4.02. The normalized spacial score (nSPS) is 24.3. The van der Waals surface area contributed by atoms with Gasteiger partial charge < -0.3 is 5.73 Å². The lowest BCUT2D eigenvalue weighted by Gasteiger charge is -2.31. The van der Waals surface area contributed by atoms with E-state index in [1.54, 1.807) is 0 Å². The molecule has 0 spiro atoms. The fraction of sp³-hybridized carbons (Fsp3) is 0.733. The van der Waals surface area contributed by atoms with Crippen LogP contribution in [0.5, 0.6) is 0 Å². The summed E-state index contributed by atoms with van der Waals surface area (Å²) in [4.78, 5) is 4.09. The molecule has 1 saturated heterocycles. The zero-order chi connectivity index (χ0) is 13.1. The predicted molar refractivity (Wildman–Crippen MR) is 80.0 cm³/mol. The van der Waals surface area contributed by atoms with Crippen LogP contribution in [0.25, 0.3) is 0 Å². The topological polar surface area (TPSA) is 29.3 Å². The third-order valence-electron chi connectivity index (χ3n) is 4.08. The minimum atomic E-state index is 0.211. The second-order valence-corrected chi connectivity index (χ2v) is 6.66. The van der Waals surface area contributed by atoms with Crippen molar-refractivity contribution >= 4 is 11.3 Å². The molecule has 3 unspecified atom stereocenters. The zero-order valence-electron chi connectivity index (χ0n) is 11.9. The Morgan fingerprint density at radius 3 is 2.89 bits per heavy atom. The average Bonchev–Trinajstić information content (AvgIpc) is 2.91. The highest BCUT2D eigenvalue weighted by Gasteiger charge is 2.32. The summed E-state index contributed by atoms with van der Waals surface area (Å²) < 4.78 is 0. The third kappa shape index (κ3) is 2.95. The fourth-order valence-corrected chi connectivity index (χ4v) is 4.36. The van der Waals surface area contributed by atoms with E-state index in [1.807, 2.05) is 11.3 Å². The van der Waals surface area contributed by atoms with Crippen LogP contribution in [0.4, 0.5) is 0 Å². The van der Waals surface area contributed by atoms with E-state index in [0.29, 0.717) is 6.04 Å². The van der Waals surface area contributed by atoms with Crippen LogP contribution >= 0.6 is 11.3 Å². The SMILES string of the molecule is CCCC1CCN(C(c2sccc2C)C(C)N)C1. The molecule has 1 fully saturated rings. The van der Waals surface area contributed by atoms with E-state index in [4.69, 9.17) is 5.73 Å². The largest absolute Gasteiger partial charge is 0.326 e. The van der Waals surface area contributed by atoms with E-state index in [1.165, 1.54) is 42.8 Å². The standard InChI is InChI=1S/C15H26N2S/c1-4-5-13-6-8-17(10-13)14(12(3)16)15-11(2)7-9-18-15/h7,9,12-14H,4-6,8,10,16H2,1-3H3. The van der Waals surface area contributed by atoms with Crippen molar-refractivity contribution in [1.82, 2.24) is 4.90 Å². The fourth-order valence-electron chi connectivity index (χ4n) is 3.18. The Labute approximate surface area is 115 Å². The van der Waals surface area contributed by atoms with E-state index >= 15 is 0 Å². The molecule has 1 aromatic rings. The summed E-state index contributed by atoms with van der Waals surface area (Å²) in [7, 11) is 0. The van der Waals surface area contributed by atoms with Crippen molar-refractivity contribution in [2.24, 2.45) is 11.7 Å². The number of hydrogen-bond acceptors (Lipinski definition) is 3. The summed E-state index contributed by atoms with van der Waals surface area (Å²) in [5.74, 6) is 0.886. The smallest absolute Gasteiger partial charge is 0.0593 e. The van der Waals surface area contributed by atoms with Crippen molar-refractivity contribution in [3.63, 3.8) is 0 Å². The maximum absolute atomic E-state index is 6.26. The number of thiophene rings is 1. The Morgan fingerprint density at radius 1 is 1.56 bits per heavy atom. The first-order valence-corrected chi connectivity index (χ1v) is 8.05. The minimum absolute atomic E-state index is 0.211. The van der Waals surface area contributed by atoms with Gasteiger partial charge in [-0.1, -0.05) is 13.3 Å². The number of aryl methyl sites for hydroxylation is 1. The summed E-state index contributed by atoms with van der Waals surface area (Å²) in [6.45, 7) is 9.10. The molecule has 1 aliphatic rings. The van der Waals surface area contributed by atoms with E-state index in [2.05, 4.69) is 37.1 Å². The van der Waals surface area contributed by atoms with Crippen molar-refractivity contribution in [3.05, 3.63) is 21.9 Å². The Kier molecular flexibility index (Phi) is 4.82. The molecular weight excluding hydrogens is 240 g/mol. The molecule has 0 radical (unpaired) electrons. The van der Waals surface area contributed by atoms with Gasteiger partial charge in [0, 0.05) is 17.5 Å². The zero-order valence-corrected chi connectivity index (χ0v) is 12.7. The van der Waals surface area contributed by atoms with E-state index in [-0.39, 0.29) is 6.04 Å². The number of nitrogens with two attached hydrogens (primary N) is 1. The minimum Gasteiger partial charge on any atom is -0.326 e. The molecule has 2 N–H and O–H groups in total. The average molecular weight is 266 g/mol. The maximum atomic E-state index is 6.26. The quantitative estimate of drug-likeness (QED) is 0.883. The van der Waals surface area contributed by atoms with Gasteiger partial charge in [-0.2, -0.15) is 0 Å². The lowest BCUT2D eigenvalue weighted by Crippen LogP contribution is -2.38. The molecule has 102 valence electrons. The number of nitrogens with zero attached hydrogens (tertiary/aromatic N) is 1. The summed E-state index contributed by atoms with van der Waals surface area (Å²) in [5.41, 5.74) is 7.66. The molecule has 1 aliphatic heterocycles. The van der Waals surface area contributed by atoms with Crippen molar-refractivity contribution in [3.8, 4) is 0 Å². The second kappa shape index (κ2) is 6.18. The van der Waals surface area contributed by atoms with Crippen LogP contribution < -0.4 is 5.73 Å². The highest BCUT2D eigenvalue weighted by molar-refractivity contribution is 7.10. The molecule has 0 aliphatic carbocycles. The molecule has 0 saturated carbocycles. The van der Waals surface area contributed by atoms with Gasteiger partial charge in [-0.25, -0.2) is 0 Å². The van der Waals surface area contributed by atoms with E-state index in [0.717, 1.165) is 5.92 Å². The lowest BCUT2D eigenvalue weighted by atomic mass is 10.0. The monoisotopic (exact) mass is 266 g/mol. The van der Waals surface area contributed by atoms with Crippen molar-refractivity contribution in [2.45, 2.75) is 52.1 Å². The van der Waals surface area contributed by atoms with Crippen LogP contribution in [0.2, 0.25) is 0 Å². The molecule has 18 heavy (non-hydrogen) atoms. The molecule has 3 heteroatoms. The van der Waals surface area contributed by atoms with Gasteiger partial charge in [0.05, 0.1) is 6.04 Å². The Morgan fingerprint density at radius 2 is 2.33 bits per heavy atom. The van der Waals surface area contributed by atoms with E-state index in [9.17, 15) is 0 Å². The molecule has 2 rings (SSSR count). The highest BCUT2D eigenvalue weighted by atomic mass is 32.1. The van der Waals surface area contributed by atoms with Crippen LogP contribution in [-0.4, -0.2) is 24.0 Å². The molecule has 0 bridgehead atoms. The lowest BCUT2D eigenvalue weighted by molar-refractivity contribution is 0.212. The Hall–Kier alpha value is -0.380. The van der Waals surface area contributed by atoms with Crippen molar-refractivity contribution in [1.29, 1.82) is 0 Å². The number of rotatable bonds is 5. The summed E-state index contributed by atoms with van der Waals surface area (Å²) in [6, 6.07) is 2.85. The highest BCUT2D eigenvalue weighted by Crippen LogP contribution is 2.35. The molecule has 2 heterocycles. The number of likely N-dealkylation sites (tertiary alicyclic amines) is 1. The van der Waals surface area contributed by atoms with Crippen LogP contribution in [0, 0.1) is 12.8 Å². The molecule has 0 aromatic carbocycles. The van der Waals surface area contributed by atoms with Gasteiger partial charge in [0.2, 0.25) is 0 Å². The van der Waals surface area contributed by atoms with Crippen LogP contribution in [0.15, 0.2) is 11.4 Å². The van der Waals surface area contributed by atoms with Crippen molar-refractivity contribution < 1.29 is 0 Å². The van der Waals surface area contributed by atoms with Crippen LogP contribution in [0.3, 0.4) is 0 Å². The maximum Gasteiger partial charge on any atom is 0.0593 e. The first kappa shape index (κ1) is 14.0. The van der Waals surface area contributed by atoms with Gasteiger partial charge >= 0.3 is 0 Å². The second-order valence-electron chi connectivity index (χ2n) is 5.71. The molecule has 3 atom stereocenters. The van der Waals surface area contributed by atoms with Gasteiger partial charge in [0.1, 0.15) is 0 Å². The van der Waals surface area contributed by atoms with Crippen LogP contribution in [-0.2, 0) is 0 Å². The predicted octanol–water partition coefficient (Wildman–Crippen LogP) is 3.57. The first-order chi connectivity index (χ1) is 8.63. The van der Waals surface area contributed by atoms with Gasteiger partial charge in [-0.15, -0.1) is 11.3 Å². The van der Waals surface area contributed by atoms with Gasteiger partial charge in [0.15, 0.2) is 0 Å². The van der Waals surface area contributed by atoms with Gasteiger partial charge in [0.25, 0.3) is 0 Å². The Balaban J connectivity index is 2.10. The first-order valence-electron chi connectivity index (χ1n) is 7.17. The molecular formula is C15H26N2S. The van der Waals surface area contributed by atoms with E-state index < -0.39 is 0 Å². The summed E-state index contributed by atoms with van der Waals surface area (Å²) >= 11 is 1.87. The summed E-state index contributed by atoms with van der Waals surface area (Å²) in [5, 5.41) is 2.19. The van der Waals surface area contributed by atoms with Crippen molar-refractivity contribution in [2.75, 3.05) is 13.1 Å². The molecule has 0 amide bonds.